The minimum Gasteiger partial charge on any atom is -0.370 e. The average molecular weight is 157 g/mol. The molecule has 0 spiro atoms. The standard InChI is InChI=1S/C7H12N2O2/c1-2-3-9-6(5-10)4-7(8)11/h5-6,9H,1-4H2,(H-,8,11)/p+1/t6-/m1/s1. The summed E-state index contributed by atoms with van der Waals surface area (Å²) in [5.74, 6) is -0.473. The minimum absolute atomic E-state index is 0.0590. The quantitative estimate of drug-likeness (QED) is 0.393. The van der Waals surface area contributed by atoms with Crippen LogP contribution in [-0.2, 0) is 9.59 Å². The molecule has 0 aliphatic rings. The van der Waals surface area contributed by atoms with Gasteiger partial charge in [0.2, 0.25) is 5.91 Å². The van der Waals surface area contributed by atoms with Gasteiger partial charge in [0.05, 0.1) is 19.4 Å². The Hall–Kier alpha value is -1.03. The molecule has 0 aromatic carbocycles. The maximum Gasteiger partial charge on any atom is 0.219 e. The van der Waals surface area contributed by atoms with E-state index in [0.29, 0.717) is 19.3 Å². The molecule has 0 aromatic rings. The van der Waals surface area contributed by atoms with Crippen LogP contribution in [0.4, 0.5) is 0 Å². The molecule has 0 radical (unpaired) electrons. The molecule has 0 fully saturated rings. The van der Waals surface area contributed by atoms with Crippen LogP contribution in [0.2, 0.25) is 0 Å². The second kappa shape index (κ2) is 5.73. The predicted molar refractivity (Wildman–Crippen MR) is 41.6 cm³/mol. The van der Waals surface area contributed by atoms with Crippen LogP contribution < -0.4 is 11.1 Å². The van der Waals surface area contributed by atoms with Gasteiger partial charge in [-0.25, -0.2) is 0 Å². The molecule has 0 bridgehead atoms. The largest absolute Gasteiger partial charge is 0.370 e. The lowest BCUT2D eigenvalue weighted by atomic mass is 10.2. The summed E-state index contributed by atoms with van der Waals surface area (Å²) >= 11 is 0. The average Bonchev–Trinajstić information content (AvgIpc) is 1.97. The van der Waals surface area contributed by atoms with Crippen LogP contribution in [0, 0.1) is 6.92 Å². The lowest BCUT2D eigenvalue weighted by molar-refractivity contribution is -0.120. The van der Waals surface area contributed by atoms with Crippen LogP contribution in [0.25, 0.3) is 0 Å². The van der Waals surface area contributed by atoms with Crippen molar-refractivity contribution in [2.75, 3.05) is 6.54 Å². The second-order valence-electron chi connectivity index (χ2n) is 2.22. The first kappa shape index (κ1) is 9.97. The summed E-state index contributed by atoms with van der Waals surface area (Å²) in [5.41, 5.74) is 4.89. The Morgan fingerprint density at radius 2 is 2.36 bits per heavy atom. The number of primary amides is 1. The van der Waals surface area contributed by atoms with Gasteiger partial charge in [-0.2, -0.15) is 0 Å². The zero-order valence-corrected chi connectivity index (χ0v) is 6.38. The SMILES string of the molecule is [CH2+]CCN[C@@H](C=O)CC(N)=O. The molecule has 0 aromatic heterocycles. The first-order valence-corrected chi connectivity index (χ1v) is 3.47. The van der Waals surface area contributed by atoms with Crippen molar-refractivity contribution in [2.45, 2.75) is 18.9 Å². The van der Waals surface area contributed by atoms with E-state index in [-0.39, 0.29) is 6.42 Å². The van der Waals surface area contributed by atoms with E-state index in [1.807, 2.05) is 0 Å². The first-order valence-electron chi connectivity index (χ1n) is 3.47. The van der Waals surface area contributed by atoms with Crippen LogP contribution in [0.1, 0.15) is 12.8 Å². The molecule has 1 amide bonds. The number of rotatable bonds is 6. The highest BCUT2D eigenvalue weighted by atomic mass is 16.1. The van der Waals surface area contributed by atoms with Gasteiger partial charge in [0.1, 0.15) is 6.29 Å². The maximum atomic E-state index is 10.3. The molecule has 0 aliphatic heterocycles. The van der Waals surface area contributed by atoms with Crippen molar-refractivity contribution in [1.82, 2.24) is 5.32 Å². The van der Waals surface area contributed by atoms with Gasteiger partial charge in [0, 0.05) is 13.0 Å². The van der Waals surface area contributed by atoms with Crippen LogP contribution in [0.15, 0.2) is 0 Å². The Bertz CT molecular complexity index is 136. The van der Waals surface area contributed by atoms with Crippen molar-refractivity contribution in [2.24, 2.45) is 5.73 Å². The summed E-state index contributed by atoms with van der Waals surface area (Å²) in [4.78, 5) is 20.6. The molecule has 0 rings (SSSR count). The Morgan fingerprint density at radius 1 is 1.73 bits per heavy atom. The van der Waals surface area contributed by atoms with Crippen LogP contribution in [0.5, 0.6) is 0 Å². The third-order valence-corrected chi connectivity index (χ3v) is 1.17. The predicted octanol–water partition coefficient (Wildman–Crippen LogP) is -0.757. The summed E-state index contributed by atoms with van der Waals surface area (Å²) in [6.45, 7) is 4.20. The molecule has 0 saturated carbocycles. The number of nitrogens with two attached hydrogens (primary N) is 1. The molecule has 3 N–H and O–H groups in total. The van der Waals surface area contributed by atoms with E-state index >= 15 is 0 Å². The van der Waals surface area contributed by atoms with Gasteiger partial charge in [-0.1, -0.05) is 0 Å². The highest BCUT2D eigenvalue weighted by Gasteiger charge is 2.08. The Balaban J connectivity index is 3.57. The number of carbonyl (C=O) groups excluding carboxylic acids is 2. The van der Waals surface area contributed by atoms with Crippen LogP contribution in [0.3, 0.4) is 0 Å². The van der Waals surface area contributed by atoms with Gasteiger partial charge in [-0.05, 0) is 0 Å². The minimum atomic E-state index is -0.473. The fraction of sp³-hybridized carbons (Fsp3) is 0.571. The number of hydrogen-bond acceptors (Lipinski definition) is 3. The Morgan fingerprint density at radius 3 is 2.73 bits per heavy atom. The van der Waals surface area contributed by atoms with Crippen molar-refractivity contribution >= 4 is 12.2 Å². The van der Waals surface area contributed by atoms with Crippen LogP contribution >= 0.6 is 0 Å². The van der Waals surface area contributed by atoms with Crippen molar-refractivity contribution < 1.29 is 9.59 Å². The van der Waals surface area contributed by atoms with E-state index in [4.69, 9.17) is 5.73 Å². The number of aldehydes is 1. The van der Waals surface area contributed by atoms with E-state index in [1.165, 1.54) is 0 Å². The highest BCUT2D eigenvalue weighted by Crippen LogP contribution is 1.86. The Labute approximate surface area is 66.1 Å². The molecule has 0 saturated heterocycles. The molecule has 0 aliphatic carbocycles. The lowest BCUT2D eigenvalue weighted by Gasteiger charge is -2.07. The van der Waals surface area contributed by atoms with Gasteiger partial charge in [-0.15, -0.1) is 0 Å². The highest BCUT2D eigenvalue weighted by molar-refractivity contribution is 5.78. The van der Waals surface area contributed by atoms with Gasteiger partial charge in [0.25, 0.3) is 0 Å². The molecule has 4 nitrogen and oxygen atoms in total. The molecule has 62 valence electrons. The van der Waals surface area contributed by atoms with Crippen molar-refractivity contribution in [3.05, 3.63) is 6.92 Å². The monoisotopic (exact) mass is 157 g/mol. The molecule has 1 atom stereocenters. The fourth-order valence-electron chi connectivity index (χ4n) is 0.673. The summed E-state index contributed by atoms with van der Waals surface area (Å²) in [5, 5.41) is 2.82. The molecule has 0 heterocycles. The lowest BCUT2D eigenvalue weighted by Crippen LogP contribution is -2.35. The van der Waals surface area contributed by atoms with Crippen LogP contribution in [-0.4, -0.2) is 24.8 Å². The topological polar surface area (TPSA) is 72.2 Å². The normalized spacial score (nSPS) is 12.4. The van der Waals surface area contributed by atoms with Crippen molar-refractivity contribution in [3.63, 3.8) is 0 Å². The number of nitrogens with one attached hydrogen (secondary N) is 1. The molecular formula is C7H13N2O2+. The van der Waals surface area contributed by atoms with E-state index < -0.39 is 11.9 Å². The van der Waals surface area contributed by atoms with E-state index in [1.54, 1.807) is 0 Å². The summed E-state index contributed by atoms with van der Waals surface area (Å²) in [6.07, 6.45) is 1.42. The first-order chi connectivity index (χ1) is 5.20. The van der Waals surface area contributed by atoms with E-state index in [9.17, 15) is 9.59 Å². The number of amides is 1. The summed E-state index contributed by atoms with van der Waals surface area (Å²) < 4.78 is 0. The van der Waals surface area contributed by atoms with Gasteiger partial charge < -0.3 is 15.8 Å². The van der Waals surface area contributed by atoms with Crippen molar-refractivity contribution in [3.8, 4) is 0 Å². The molecular weight excluding hydrogens is 144 g/mol. The molecule has 4 heteroatoms. The number of hydrogen-bond donors (Lipinski definition) is 2. The molecule has 0 unspecified atom stereocenters. The van der Waals surface area contributed by atoms with E-state index in [0.717, 1.165) is 0 Å². The zero-order valence-electron chi connectivity index (χ0n) is 6.38. The summed E-state index contributed by atoms with van der Waals surface area (Å²) in [7, 11) is 0. The fourth-order valence-corrected chi connectivity index (χ4v) is 0.673. The third kappa shape index (κ3) is 5.42. The van der Waals surface area contributed by atoms with Gasteiger partial charge in [-0.3, -0.25) is 4.79 Å². The van der Waals surface area contributed by atoms with Crippen molar-refractivity contribution in [1.29, 1.82) is 0 Å². The van der Waals surface area contributed by atoms with E-state index in [2.05, 4.69) is 12.2 Å². The summed E-state index contributed by atoms with van der Waals surface area (Å²) in [6, 6.07) is -0.450. The van der Waals surface area contributed by atoms with Gasteiger partial charge >= 0.3 is 0 Å². The number of carbonyl (C=O) groups is 2. The second-order valence-corrected chi connectivity index (χ2v) is 2.22. The van der Waals surface area contributed by atoms with Gasteiger partial charge in [0.15, 0.2) is 0 Å². The Kier molecular flexibility index (Phi) is 5.20. The maximum absolute atomic E-state index is 10.3. The zero-order chi connectivity index (χ0) is 8.69. The third-order valence-electron chi connectivity index (χ3n) is 1.17. The smallest absolute Gasteiger partial charge is 0.219 e. The molecule has 11 heavy (non-hydrogen) atoms.